The number of nitrogens with one attached hydrogen (secondary N) is 2. The van der Waals surface area contributed by atoms with Gasteiger partial charge in [-0.15, -0.1) is 0 Å². The molecule has 0 spiro atoms. The molecule has 20 heavy (non-hydrogen) atoms. The summed E-state index contributed by atoms with van der Waals surface area (Å²) >= 11 is 0. The number of aryl methyl sites for hydroxylation is 1. The number of H-pyrrole nitrogens is 1. The molecule has 0 fully saturated rings. The van der Waals surface area contributed by atoms with Crippen LogP contribution in [0.15, 0.2) is 36.4 Å². The molecule has 1 aromatic heterocycles. The molecular formula is C15H18N4O. The number of hydrogen-bond donors (Lipinski definition) is 2. The highest BCUT2D eigenvalue weighted by Gasteiger charge is 2.01. The molecule has 0 unspecified atom stereocenters. The van der Waals surface area contributed by atoms with Crippen LogP contribution < -0.4 is 10.2 Å². The summed E-state index contributed by atoms with van der Waals surface area (Å²) in [5, 5.41) is 9.40. The van der Waals surface area contributed by atoms with Gasteiger partial charge in [-0.1, -0.05) is 12.1 Å². The fourth-order valence-corrected chi connectivity index (χ4v) is 1.71. The molecule has 0 bridgehead atoms. The van der Waals surface area contributed by atoms with E-state index < -0.39 is 0 Å². The van der Waals surface area contributed by atoms with Crippen molar-refractivity contribution in [2.45, 2.75) is 6.92 Å². The number of aromatic nitrogens is 2. The molecule has 0 aliphatic carbocycles. The van der Waals surface area contributed by atoms with Crippen molar-refractivity contribution in [1.29, 1.82) is 0 Å². The molecule has 1 amide bonds. The molecule has 0 aliphatic heterocycles. The lowest BCUT2D eigenvalue weighted by atomic mass is 10.2. The van der Waals surface area contributed by atoms with Crippen molar-refractivity contribution in [2.75, 3.05) is 24.3 Å². The van der Waals surface area contributed by atoms with Crippen LogP contribution in [0.25, 0.3) is 6.08 Å². The molecule has 2 N–H and O–H groups in total. The van der Waals surface area contributed by atoms with E-state index in [4.69, 9.17) is 0 Å². The highest BCUT2D eigenvalue weighted by molar-refractivity contribution is 6.01. The number of anilines is 2. The van der Waals surface area contributed by atoms with Crippen LogP contribution in [0.4, 0.5) is 11.5 Å². The van der Waals surface area contributed by atoms with Crippen molar-refractivity contribution >= 4 is 23.5 Å². The average Bonchev–Trinajstić information content (AvgIpc) is 2.82. The van der Waals surface area contributed by atoms with E-state index in [9.17, 15) is 4.79 Å². The van der Waals surface area contributed by atoms with Crippen molar-refractivity contribution in [3.63, 3.8) is 0 Å². The first kappa shape index (κ1) is 13.9. The monoisotopic (exact) mass is 270 g/mol. The van der Waals surface area contributed by atoms with Crippen LogP contribution in [-0.4, -0.2) is 30.2 Å². The predicted octanol–water partition coefficient (Wildman–Crippen LogP) is 2.44. The first-order valence-corrected chi connectivity index (χ1v) is 6.33. The molecule has 5 heteroatoms. The van der Waals surface area contributed by atoms with Gasteiger partial charge in [-0.05, 0) is 30.7 Å². The van der Waals surface area contributed by atoms with Crippen LogP contribution in [0.1, 0.15) is 11.3 Å². The summed E-state index contributed by atoms with van der Waals surface area (Å²) in [6.07, 6.45) is 3.27. The number of nitrogens with zero attached hydrogens (tertiary/aromatic N) is 2. The Morgan fingerprint density at radius 3 is 2.55 bits per heavy atom. The molecule has 0 saturated heterocycles. The molecule has 104 valence electrons. The molecule has 0 radical (unpaired) electrons. The van der Waals surface area contributed by atoms with Gasteiger partial charge in [0, 0.05) is 37.6 Å². The van der Waals surface area contributed by atoms with Crippen molar-refractivity contribution < 1.29 is 4.79 Å². The van der Waals surface area contributed by atoms with E-state index in [1.165, 1.54) is 6.08 Å². The standard InChI is InChI=1S/C15H18N4O/c1-11-10-14(18-17-11)16-15(20)9-6-12-4-7-13(8-5-12)19(2)3/h4-10H,1-3H3,(H2,16,17,18,20). The van der Waals surface area contributed by atoms with E-state index in [1.54, 1.807) is 12.1 Å². The van der Waals surface area contributed by atoms with Crippen LogP contribution in [0.2, 0.25) is 0 Å². The second-order valence-corrected chi connectivity index (χ2v) is 4.74. The van der Waals surface area contributed by atoms with Gasteiger partial charge in [-0.2, -0.15) is 5.10 Å². The lowest BCUT2D eigenvalue weighted by Crippen LogP contribution is -2.08. The van der Waals surface area contributed by atoms with E-state index in [-0.39, 0.29) is 5.91 Å². The molecule has 1 heterocycles. The second-order valence-electron chi connectivity index (χ2n) is 4.74. The van der Waals surface area contributed by atoms with Gasteiger partial charge in [0.25, 0.3) is 0 Å². The van der Waals surface area contributed by atoms with Crippen molar-refractivity contribution in [2.24, 2.45) is 0 Å². The van der Waals surface area contributed by atoms with E-state index in [0.29, 0.717) is 5.82 Å². The van der Waals surface area contributed by atoms with Gasteiger partial charge in [-0.3, -0.25) is 9.89 Å². The van der Waals surface area contributed by atoms with E-state index in [1.807, 2.05) is 50.2 Å². The third-order valence-corrected chi connectivity index (χ3v) is 2.79. The number of rotatable bonds is 4. The SMILES string of the molecule is Cc1cc(NC(=O)C=Cc2ccc(N(C)C)cc2)n[nH]1. The van der Waals surface area contributed by atoms with Gasteiger partial charge < -0.3 is 10.2 Å². The predicted molar refractivity (Wildman–Crippen MR) is 81.8 cm³/mol. The highest BCUT2D eigenvalue weighted by atomic mass is 16.1. The van der Waals surface area contributed by atoms with Crippen LogP contribution in [-0.2, 0) is 4.79 Å². The normalized spacial score (nSPS) is 10.8. The zero-order chi connectivity index (χ0) is 14.5. The number of aromatic amines is 1. The lowest BCUT2D eigenvalue weighted by molar-refractivity contribution is -0.111. The lowest BCUT2D eigenvalue weighted by Gasteiger charge is -2.11. The minimum atomic E-state index is -0.201. The van der Waals surface area contributed by atoms with Gasteiger partial charge in [0.1, 0.15) is 0 Å². The summed E-state index contributed by atoms with van der Waals surface area (Å²) in [6.45, 7) is 1.88. The third kappa shape index (κ3) is 3.71. The Kier molecular flexibility index (Phi) is 4.20. The van der Waals surface area contributed by atoms with Crippen LogP contribution in [0, 0.1) is 6.92 Å². The first-order chi connectivity index (χ1) is 9.54. The molecule has 0 aliphatic rings. The van der Waals surface area contributed by atoms with Crippen molar-refractivity contribution in [3.8, 4) is 0 Å². The molecule has 2 aromatic rings. The number of amides is 1. The maximum absolute atomic E-state index is 11.7. The van der Waals surface area contributed by atoms with E-state index in [0.717, 1.165) is 16.9 Å². The van der Waals surface area contributed by atoms with Gasteiger partial charge >= 0.3 is 0 Å². The number of carbonyl (C=O) groups is 1. The maximum atomic E-state index is 11.7. The second kappa shape index (κ2) is 6.06. The average molecular weight is 270 g/mol. The van der Waals surface area contributed by atoms with E-state index >= 15 is 0 Å². The van der Waals surface area contributed by atoms with Gasteiger partial charge in [0.05, 0.1) is 0 Å². The summed E-state index contributed by atoms with van der Waals surface area (Å²) < 4.78 is 0. The topological polar surface area (TPSA) is 61.0 Å². The fourth-order valence-electron chi connectivity index (χ4n) is 1.71. The Hall–Kier alpha value is -2.56. The van der Waals surface area contributed by atoms with Gasteiger partial charge in [0.2, 0.25) is 5.91 Å². The Balaban J connectivity index is 1.96. The summed E-state index contributed by atoms with van der Waals surface area (Å²) in [5.41, 5.74) is 3.01. The van der Waals surface area contributed by atoms with Gasteiger partial charge in [0.15, 0.2) is 5.82 Å². The van der Waals surface area contributed by atoms with Crippen LogP contribution in [0.3, 0.4) is 0 Å². The van der Waals surface area contributed by atoms with Crippen LogP contribution >= 0.6 is 0 Å². The molecule has 2 rings (SSSR count). The minimum Gasteiger partial charge on any atom is -0.378 e. The molecule has 1 aromatic carbocycles. The fraction of sp³-hybridized carbons (Fsp3) is 0.200. The molecule has 0 saturated carbocycles. The zero-order valence-corrected chi connectivity index (χ0v) is 11.8. The summed E-state index contributed by atoms with van der Waals surface area (Å²) in [7, 11) is 3.98. The van der Waals surface area contributed by atoms with Crippen molar-refractivity contribution in [3.05, 3.63) is 47.7 Å². The van der Waals surface area contributed by atoms with Gasteiger partial charge in [-0.25, -0.2) is 0 Å². The quantitative estimate of drug-likeness (QED) is 0.839. The highest BCUT2D eigenvalue weighted by Crippen LogP contribution is 2.13. The van der Waals surface area contributed by atoms with Crippen molar-refractivity contribution in [1.82, 2.24) is 10.2 Å². The largest absolute Gasteiger partial charge is 0.378 e. The summed E-state index contributed by atoms with van der Waals surface area (Å²) in [6, 6.07) is 9.73. The Labute approximate surface area is 118 Å². The number of hydrogen-bond acceptors (Lipinski definition) is 3. The summed E-state index contributed by atoms with van der Waals surface area (Å²) in [5.74, 6) is 0.327. The first-order valence-electron chi connectivity index (χ1n) is 6.33. The Morgan fingerprint density at radius 2 is 2.00 bits per heavy atom. The Morgan fingerprint density at radius 1 is 1.30 bits per heavy atom. The molecule has 5 nitrogen and oxygen atoms in total. The Bertz CT molecular complexity index is 611. The van der Waals surface area contributed by atoms with E-state index in [2.05, 4.69) is 15.5 Å². The smallest absolute Gasteiger partial charge is 0.249 e. The molecule has 0 atom stereocenters. The van der Waals surface area contributed by atoms with Crippen LogP contribution in [0.5, 0.6) is 0 Å². The minimum absolute atomic E-state index is 0.201. The number of benzene rings is 1. The zero-order valence-electron chi connectivity index (χ0n) is 11.8. The summed E-state index contributed by atoms with van der Waals surface area (Å²) in [4.78, 5) is 13.7. The third-order valence-electron chi connectivity index (χ3n) is 2.79. The number of carbonyl (C=O) groups excluding carboxylic acids is 1. The maximum Gasteiger partial charge on any atom is 0.249 e. The molecular weight excluding hydrogens is 252 g/mol.